The molecule has 2 rings (SSSR count). The van der Waals surface area contributed by atoms with Crippen LogP contribution in [0.1, 0.15) is 24.3 Å². The molecule has 0 aliphatic heterocycles. The summed E-state index contributed by atoms with van der Waals surface area (Å²) in [6.45, 7) is 3.52. The molecule has 2 aromatic rings. The Morgan fingerprint density at radius 1 is 1.29 bits per heavy atom. The second-order valence-corrected chi connectivity index (χ2v) is 4.11. The summed E-state index contributed by atoms with van der Waals surface area (Å²) in [5, 5.41) is 11.8. The fraction of sp³-hybridized carbons (Fsp3) is 0.333. The summed E-state index contributed by atoms with van der Waals surface area (Å²) in [7, 11) is 0. The number of hydrogen-bond acceptors (Lipinski definition) is 4. The van der Waals surface area contributed by atoms with E-state index >= 15 is 0 Å². The third-order valence-electron chi connectivity index (χ3n) is 2.28. The van der Waals surface area contributed by atoms with Gasteiger partial charge in [-0.3, -0.25) is 0 Å². The fourth-order valence-electron chi connectivity index (χ4n) is 1.48. The molecule has 0 amide bonds. The van der Waals surface area contributed by atoms with E-state index in [0.29, 0.717) is 24.7 Å². The van der Waals surface area contributed by atoms with Crippen molar-refractivity contribution in [3.8, 4) is 0 Å². The van der Waals surface area contributed by atoms with Gasteiger partial charge in [0.25, 0.3) is 0 Å². The summed E-state index contributed by atoms with van der Waals surface area (Å²) in [4.78, 5) is 0. The smallest absolute Gasteiger partial charge is 0.230 e. The molecule has 0 atom stereocenters. The molecule has 90 valence electrons. The van der Waals surface area contributed by atoms with E-state index in [9.17, 15) is 0 Å². The first-order valence-electron chi connectivity index (χ1n) is 5.54. The van der Waals surface area contributed by atoms with Crippen LogP contribution in [0.25, 0.3) is 0 Å². The minimum absolute atomic E-state index is 0.610. The molecule has 4 nitrogen and oxygen atoms in total. The number of hydrogen-bond donors (Lipinski definition) is 1. The van der Waals surface area contributed by atoms with Crippen molar-refractivity contribution >= 4 is 11.6 Å². The molecule has 0 aliphatic rings. The van der Waals surface area contributed by atoms with Crippen LogP contribution in [0, 0.1) is 0 Å². The van der Waals surface area contributed by atoms with Gasteiger partial charge in [0, 0.05) is 5.02 Å². The van der Waals surface area contributed by atoms with E-state index < -0.39 is 0 Å². The van der Waals surface area contributed by atoms with Crippen molar-refractivity contribution in [3.63, 3.8) is 0 Å². The van der Waals surface area contributed by atoms with Crippen LogP contribution in [0.5, 0.6) is 0 Å². The van der Waals surface area contributed by atoms with E-state index in [1.54, 1.807) is 0 Å². The summed E-state index contributed by atoms with van der Waals surface area (Å²) in [6.07, 6.45) is 0.611. The second-order valence-electron chi connectivity index (χ2n) is 3.68. The van der Waals surface area contributed by atoms with Crippen molar-refractivity contribution in [2.75, 3.05) is 6.54 Å². The summed E-state index contributed by atoms with van der Waals surface area (Å²) in [6, 6.07) is 7.64. The second kappa shape index (κ2) is 5.80. The van der Waals surface area contributed by atoms with Gasteiger partial charge in [-0.1, -0.05) is 30.7 Å². The molecular formula is C12H14ClN3O. The zero-order valence-electron chi connectivity index (χ0n) is 9.61. The molecular weight excluding hydrogens is 238 g/mol. The Morgan fingerprint density at radius 3 is 2.88 bits per heavy atom. The van der Waals surface area contributed by atoms with E-state index in [-0.39, 0.29) is 0 Å². The number of benzene rings is 1. The van der Waals surface area contributed by atoms with Crippen molar-refractivity contribution in [1.82, 2.24) is 15.5 Å². The molecule has 17 heavy (non-hydrogen) atoms. The van der Waals surface area contributed by atoms with Crippen LogP contribution in [0.4, 0.5) is 0 Å². The molecule has 0 aliphatic carbocycles. The van der Waals surface area contributed by atoms with Gasteiger partial charge in [-0.05, 0) is 24.2 Å². The first-order valence-corrected chi connectivity index (χ1v) is 5.92. The van der Waals surface area contributed by atoms with Crippen LogP contribution in [-0.2, 0) is 13.0 Å². The van der Waals surface area contributed by atoms with Gasteiger partial charge in [0.05, 0.1) is 13.0 Å². The van der Waals surface area contributed by atoms with Gasteiger partial charge in [-0.15, -0.1) is 10.2 Å². The standard InChI is InChI=1S/C12H14ClN3O/c1-2-14-8-12-16-15-11(17-12)7-9-4-3-5-10(13)6-9/h3-6,14H,2,7-8H2,1H3. The van der Waals surface area contributed by atoms with Crippen molar-refractivity contribution in [1.29, 1.82) is 0 Å². The zero-order valence-corrected chi connectivity index (χ0v) is 10.4. The lowest BCUT2D eigenvalue weighted by molar-refractivity contribution is 0.441. The molecule has 0 spiro atoms. The quantitative estimate of drug-likeness (QED) is 0.887. The third-order valence-corrected chi connectivity index (χ3v) is 2.51. The number of nitrogens with one attached hydrogen (secondary N) is 1. The zero-order chi connectivity index (χ0) is 12.1. The van der Waals surface area contributed by atoms with Crippen LogP contribution in [0.3, 0.4) is 0 Å². The highest BCUT2D eigenvalue weighted by Crippen LogP contribution is 2.14. The Bertz CT molecular complexity index is 484. The third kappa shape index (κ3) is 3.54. The van der Waals surface area contributed by atoms with E-state index in [0.717, 1.165) is 17.1 Å². The highest BCUT2D eigenvalue weighted by molar-refractivity contribution is 6.30. The maximum atomic E-state index is 5.91. The largest absolute Gasteiger partial charge is 0.424 e. The molecule has 0 fully saturated rings. The van der Waals surface area contributed by atoms with Gasteiger partial charge >= 0.3 is 0 Å². The average molecular weight is 252 g/mol. The molecule has 1 N–H and O–H groups in total. The minimum atomic E-state index is 0.610. The number of halogens is 1. The maximum absolute atomic E-state index is 5.91. The van der Waals surface area contributed by atoms with Crippen LogP contribution in [-0.4, -0.2) is 16.7 Å². The normalized spacial score (nSPS) is 10.7. The Hall–Kier alpha value is -1.39. The van der Waals surface area contributed by atoms with Gasteiger partial charge in [-0.2, -0.15) is 0 Å². The van der Waals surface area contributed by atoms with Crippen molar-refractivity contribution in [3.05, 3.63) is 46.6 Å². The molecule has 5 heteroatoms. The monoisotopic (exact) mass is 251 g/mol. The van der Waals surface area contributed by atoms with Gasteiger partial charge in [0.1, 0.15) is 0 Å². The molecule has 1 aromatic carbocycles. The summed E-state index contributed by atoms with van der Waals surface area (Å²) >= 11 is 5.91. The average Bonchev–Trinajstić information content (AvgIpc) is 2.74. The molecule has 0 bridgehead atoms. The van der Waals surface area contributed by atoms with E-state index in [1.807, 2.05) is 31.2 Å². The summed E-state index contributed by atoms with van der Waals surface area (Å²) in [5.41, 5.74) is 1.07. The van der Waals surface area contributed by atoms with E-state index in [4.69, 9.17) is 16.0 Å². The summed E-state index contributed by atoms with van der Waals surface area (Å²) in [5.74, 6) is 1.23. The van der Waals surface area contributed by atoms with E-state index in [1.165, 1.54) is 0 Å². The van der Waals surface area contributed by atoms with Crippen molar-refractivity contribution in [2.24, 2.45) is 0 Å². The topological polar surface area (TPSA) is 51.0 Å². The lowest BCUT2D eigenvalue weighted by Gasteiger charge is -1.97. The van der Waals surface area contributed by atoms with Gasteiger partial charge < -0.3 is 9.73 Å². The molecule has 1 aromatic heterocycles. The minimum Gasteiger partial charge on any atom is -0.424 e. The first-order chi connectivity index (χ1) is 8.28. The summed E-state index contributed by atoms with van der Waals surface area (Å²) < 4.78 is 5.50. The fourth-order valence-corrected chi connectivity index (χ4v) is 1.70. The van der Waals surface area contributed by atoms with Crippen LogP contribution < -0.4 is 5.32 Å². The Balaban J connectivity index is 2.01. The van der Waals surface area contributed by atoms with Gasteiger partial charge in [-0.25, -0.2) is 0 Å². The SMILES string of the molecule is CCNCc1nnc(Cc2cccc(Cl)c2)o1. The maximum Gasteiger partial charge on any atom is 0.230 e. The number of rotatable bonds is 5. The van der Waals surface area contributed by atoms with E-state index in [2.05, 4.69) is 15.5 Å². The Labute approximate surface area is 105 Å². The Morgan fingerprint density at radius 2 is 2.12 bits per heavy atom. The van der Waals surface area contributed by atoms with Crippen LogP contribution >= 0.6 is 11.6 Å². The van der Waals surface area contributed by atoms with Crippen LogP contribution in [0.2, 0.25) is 5.02 Å². The lowest BCUT2D eigenvalue weighted by atomic mass is 10.1. The van der Waals surface area contributed by atoms with Gasteiger partial charge in [0.2, 0.25) is 11.8 Å². The lowest BCUT2D eigenvalue weighted by Crippen LogP contribution is -2.11. The predicted octanol–water partition coefficient (Wildman–Crippen LogP) is 2.42. The predicted molar refractivity (Wildman–Crippen MR) is 65.9 cm³/mol. The molecule has 0 unspecified atom stereocenters. The van der Waals surface area contributed by atoms with Crippen molar-refractivity contribution in [2.45, 2.75) is 19.9 Å². The molecule has 1 heterocycles. The van der Waals surface area contributed by atoms with Crippen molar-refractivity contribution < 1.29 is 4.42 Å². The molecule has 0 saturated carbocycles. The Kier molecular flexibility index (Phi) is 4.12. The number of nitrogens with zero attached hydrogens (tertiary/aromatic N) is 2. The number of aromatic nitrogens is 2. The first kappa shape index (κ1) is 12.1. The van der Waals surface area contributed by atoms with Crippen LogP contribution in [0.15, 0.2) is 28.7 Å². The van der Waals surface area contributed by atoms with Gasteiger partial charge in [0.15, 0.2) is 0 Å². The highest BCUT2D eigenvalue weighted by Gasteiger charge is 2.06. The highest BCUT2D eigenvalue weighted by atomic mass is 35.5. The molecule has 0 saturated heterocycles. The molecule has 0 radical (unpaired) electrons.